The Hall–Kier alpha value is -0.340. The molecule has 1 fully saturated rings. The molecule has 1 nitrogen and oxygen atoms in total. The topological polar surface area (TPSA) is 12.0 Å². The number of nitrogens with one attached hydrogen (secondary N) is 1. The molecule has 0 radical (unpaired) electrons. The third kappa shape index (κ3) is 4.92. The molecule has 0 amide bonds. The van der Waals surface area contributed by atoms with Gasteiger partial charge in [-0.25, -0.2) is 0 Å². The number of benzene rings is 1. The van der Waals surface area contributed by atoms with Gasteiger partial charge in [0.25, 0.3) is 0 Å². The van der Waals surface area contributed by atoms with Crippen LogP contribution in [0.3, 0.4) is 0 Å². The van der Waals surface area contributed by atoms with Crippen LogP contribution in [0.15, 0.2) is 28.7 Å². The number of rotatable bonds is 5. The number of hydrogen-bond acceptors (Lipinski definition) is 1. The first-order chi connectivity index (χ1) is 9.15. The normalized spacial score (nSPS) is 25.2. The number of halogens is 1. The predicted octanol–water partition coefficient (Wildman–Crippen LogP) is 5.32. The van der Waals surface area contributed by atoms with Crippen molar-refractivity contribution in [3.05, 3.63) is 34.3 Å². The van der Waals surface area contributed by atoms with Crippen LogP contribution in [0.25, 0.3) is 0 Å². The first kappa shape index (κ1) is 15.1. The van der Waals surface area contributed by atoms with Crippen molar-refractivity contribution < 1.29 is 0 Å². The van der Waals surface area contributed by atoms with Gasteiger partial charge < -0.3 is 5.32 Å². The summed E-state index contributed by atoms with van der Waals surface area (Å²) < 4.78 is 1.15. The van der Waals surface area contributed by atoms with Crippen LogP contribution >= 0.6 is 15.9 Å². The summed E-state index contributed by atoms with van der Waals surface area (Å²) in [5.41, 5.74) is 1.38. The summed E-state index contributed by atoms with van der Waals surface area (Å²) in [5.74, 6) is 1.92. The van der Waals surface area contributed by atoms with Gasteiger partial charge in [0, 0.05) is 10.5 Å². The highest BCUT2D eigenvalue weighted by molar-refractivity contribution is 9.10. The van der Waals surface area contributed by atoms with E-state index in [1.807, 2.05) is 0 Å². The van der Waals surface area contributed by atoms with Gasteiger partial charge in [0.05, 0.1) is 0 Å². The lowest BCUT2D eigenvalue weighted by molar-refractivity contribution is 0.273. The standard InChI is InChI=1S/C17H26BrN/c1-13-3-5-15(6-4-13)11-12-19-14(2)16-7-9-17(18)10-8-16/h7-10,13-15,19H,3-6,11-12H2,1-2H3. The lowest BCUT2D eigenvalue weighted by atomic mass is 9.81. The summed E-state index contributed by atoms with van der Waals surface area (Å²) in [6.07, 6.45) is 7.10. The highest BCUT2D eigenvalue weighted by Gasteiger charge is 2.17. The van der Waals surface area contributed by atoms with E-state index in [0.717, 1.165) is 22.9 Å². The molecule has 1 aliphatic carbocycles. The molecule has 0 spiro atoms. The van der Waals surface area contributed by atoms with Gasteiger partial charge in [-0.1, -0.05) is 60.7 Å². The van der Waals surface area contributed by atoms with Gasteiger partial charge in [0.2, 0.25) is 0 Å². The van der Waals surface area contributed by atoms with Gasteiger partial charge in [0.1, 0.15) is 0 Å². The molecular weight excluding hydrogens is 298 g/mol. The van der Waals surface area contributed by atoms with E-state index in [9.17, 15) is 0 Å². The number of hydrogen-bond donors (Lipinski definition) is 1. The molecule has 1 aromatic carbocycles. The summed E-state index contributed by atoms with van der Waals surface area (Å²) in [6, 6.07) is 9.09. The zero-order valence-corrected chi connectivity index (χ0v) is 13.7. The Bertz CT molecular complexity index is 365. The molecule has 1 N–H and O–H groups in total. The fourth-order valence-electron chi connectivity index (χ4n) is 2.99. The Labute approximate surface area is 126 Å². The Morgan fingerprint density at radius 3 is 2.42 bits per heavy atom. The largest absolute Gasteiger partial charge is 0.310 e. The van der Waals surface area contributed by atoms with E-state index in [1.165, 1.54) is 37.7 Å². The molecule has 2 rings (SSSR count). The molecule has 1 aliphatic rings. The maximum atomic E-state index is 3.66. The van der Waals surface area contributed by atoms with Crippen molar-refractivity contribution in [2.45, 2.75) is 52.0 Å². The molecule has 19 heavy (non-hydrogen) atoms. The molecule has 0 aliphatic heterocycles. The van der Waals surface area contributed by atoms with E-state index in [-0.39, 0.29) is 0 Å². The molecule has 0 heterocycles. The molecule has 0 saturated heterocycles. The second-order valence-corrected chi connectivity index (χ2v) is 7.06. The molecule has 0 aromatic heterocycles. The summed E-state index contributed by atoms with van der Waals surface area (Å²) in [7, 11) is 0. The Kier molecular flexibility index (Phi) is 5.90. The average Bonchev–Trinajstić information content (AvgIpc) is 2.41. The maximum absolute atomic E-state index is 3.66. The van der Waals surface area contributed by atoms with Crippen molar-refractivity contribution in [2.24, 2.45) is 11.8 Å². The van der Waals surface area contributed by atoms with E-state index in [2.05, 4.69) is 59.4 Å². The van der Waals surface area contributed by atoms with E-state index in [1.54, 1.807) is 0 Å². The zero-order chi connectivity index (χ0) is 13.7. The lowest BCUT2D eigenvalue weighted by Crippen LogP contribution is -2.23. The van der Waals surface area contributed by atoms with E-state index in [4.69, 9.17) is 0 Å². The second kappa shape index (κ2) is 7.44. The van der Waals surface area contributed by atoms with Gasteiger partial charge in [0.15, 0.2) is 0 Å². The van der Waals surface area contributed by atoms with Crippen LogP contribution in [-0.4, -0.2) is 6.54 Å². The monoisotopic (exact) mass is 323 g/mol. The molecule has 1 atom stereocenters. The summed E-state index contributed by atoms with van der Waals surface area (Å²) >= 11 is 3.48. The lowest BCUT2D eigenvalue weighted by Gasteiger charge is -2.26. The van der Waals surface area contributed by atoms with Crippen molar-refractivity contribution >= 4 is 15.9 Å². The van der Waals surface area contributed by atoms with E-state index in [0.29, 0.717) is 6.04 Å². The maximum Gasteiger partial charge on any atom is 0.0291 e. The van der Waals surface area contributed by atoms with Crippen molar-refractivity contribution in [1.29, 1.82) is 0 Å². The van der Waals surface area contributed by atoms with Crippen LogP contribution in [-0.2, 0) is 0 Å². The molecule has 106 valence electrons. The summed E-state index contributed by atoms with van der Waals surface area (Å²) in [4.78, 5) is 0. The second-order valence-electron chi connectivity index (χ2n) is 6.14. The molecule has 1 unspecified atom stereocenters. The van der Waals surface area contributed by atoms with Gasteiger partial charge in [-0.3, -0.25) is 0 Å². The molecule has 2 heteroatoms. The van der Waals surface area contributed by atoms with Gasteiger partial charge in [-0.15, -0.1) is 0 Å². The highest BCUT2D eigenvalue weighted by atomic mass is 79.9. The minimum Gasteiger partial charge on any atom is -0.310 e. The van der Waals surface area contributed by atoms with Crippen molar-refractivity contribution in [3.63, 3.8) is 0 Å². The van der Waals surface area contributed by atoms with Crippen LogP contribution in [0.5, 0.6) is 0 Å². The SMILES string of the molecule is CC1CCC(CCNC(C)c2ccc(Br)cc2)CC1. The first-order valence-electron chi connectivity index (χ1n) is 7.64. The minimum atomic E-state index is 0.454. The molecule has 0 bridgehead atoms. The van der Waals surface area contributed by atoms with Crippen LogP contribution in [0.1, 0.15) is 57.6 Å². The van der Waals surface area contributed by atoms with E-state index >= 15 is 0 Å². The summed E-state index contributed by atoms with van der Waals surface area (Å²) in [6.45, 7) is 5.80. The highest BCUT2D eigenvalue weighted by Crippen LogP contribution is 2.30. The van der Waals surface area contributed by atoms with Gasteiger partial charge in [-0.2, -0.15) is 0 Å². The zero-order valence-electron chi connectivity index (χ0n) is 12.2. The van der Waals surface area contributed by atoms with E-state index < -0.39 is 0 Å². The van der Waals surface area contributed by atoms with Crippen LogP contribution in [0, 0.1) is 11.8 Å². The summed E-state index contributed by atoms with van der Waals surface area (Å²) in [5, 5.41) is 3.66. The third-order valence-corrected chi connectivity index (χ3v) is 5.04. The van der Waals surface area contributed by atoms with Crippen LogP contribution in [0.4, 0.5) is 0 Å². The van der Waals surface area contributed by atoms with Crippen LogP contribution in [0.2, 0.25) is 0 Å². The average molecular weight is 324 g/mol. The quantitative estimate of drug-likeness (QED) is 0.773. The molecule has 1 aromatic rings. The fraction of sp³-hybridized carbons (Fsp3) is 0.647. The Morgan fingerprint density at radius 2 is 1.79 bits per heavy atom. The first-order valence-corrected chi connectivity index (χ1v) is 8.43. The fourth-order valence-corrected chi connectivity index (χ4v) is 3.26. The van der Waals surface area contributed by atoms with Crippen molar-refractivity contribution in [1.82, 2.24) is 5.32 Å². The third-order valence-electron chi connectivity index (χ3n) is 4.51. The molecular formula is C17H26BrN. The van der Waals surface area contributed by atoms with Gasteiger partial charge >= 0.3 is 0 Å². The smallest absolute Gasteiger partial charge is 0.0291 e. The Balaban J connectivity index is 1.69. The predicted molar refractivity (Wildman–Crippen MR) is 86.3 cm³/mol. The van der Waals surface area contributed by atoms with Gasteiger partial charge in [-0.05, 0) is 49.4 Å². The Morgan fingerprint density at radius 1 is 1.16 bits per heavy atom. The van der Waals surface area contributed by atoms with Crippen molar-refractivity contribution in [2.75, 3.05) is 6.54 Å². The molecule has 1 saturated carbocycles. The van der Waals surface area contributed by atoms with Crippen molar-refractivity contribution in [3.8, 4) is 0 Å². The van der Waals surface area contributed by atoms with Crippen LogP contribution < -0.4 is 5.32 Å². The minimum absolute atomic E-state index is 0.454.